The average molecular weight is 328 g/mol. The van der Waals surface area contributed by atoms with Gasteiger partial charge in [-0.3, -0.25) is 4.79 Å². The molecule has 0 saturated carbocycles. The van der Waals surface area contributed by atoms with Gasteiger partial charge in [0, 0.05) is 46.8 Å². The van der Waals surface area contributed by atoms with E-state index in [1.54, 1.807) is 26.1 Å². The van der Waals surface area contributed by atoms with Crippen LogP contribution < -0.4 is 5.32 Å². The number of likely N-dealkylation sites (N-methyl/N-ethyl adjacent to an activating group) is 1. The molecule has 1 saturated heterocycles. The van der Waals surface area contributed by atoms with Crippen LogP contribution in [0.15, 0.2) is 4.99 Å². The van der Waals surface area contributed by atoms with Crippen molar-refractivity contribution < 1.29 is 14.3 Å². The molecular formula is C16H32N4O3. The Balaban J connectivity index is 2.48. The van der Waals surface area contributed by atoms with Crippen LogP contribution in [-0.2, 0) is 14.3 Å². The summed E-state index contributed by atoms with van der Waals surface area (Å²) in [4.78, 5) is 20.0. The van der Waals surface area contributed by atoms with E-state index in [-0.39, 0.29) is 12.5 Å². The van der Waals surface area contributed by atoms with Gasteiger partial charge in [0.15, 0.2) is 5.96 Å². The lowest BCUT2D eigenvalue weighted by Crippen LogP contribution is -2.41. The lowest BCUT2D eigenvalue weighted by atomic mass is 10.1. The van der Waals surface area contributed by atoms with E-state index in [1.807, 2.05) is 0 Å². The van der Waals surface area contributed by atoms with Crippen LogP contribution >= 0.6 is 0 Å². The highest BCUT2D eigenvalue weighted by molar-refractivity contribution is 5.85. The van der Waals surface area contributed by atoms with Gasteiger partial charge < -0.3 is 24.6 Å². The van der Waals surface area contributed by atoms with E-state index in [0.29, 0.717) is 19.1 Å². The predicted molar refractivity (Wildman–Crippen MR) is 91.7 cm³/mol. The second kappa shape index (κ2) is 11.2. The van der Waals surface area contributed by atoms with E-state index in [1.165, 1.54) is 0 Å². The summed E-state index contributed by atoms with van der Waals surface area (Å²) in [7, 11) is 5.18. The molecule has 1 aliphatic heterocycles. The van der Waals surface area contributed by atoms with Gasteiger partial charge in [0.05, 0.1) is 19.8 Å². The molecule has 134 valence electrons. The van der Waals surface area contributed by atoms with Crippen LogP contribution in [0, 0.1) is 5.92 Å². The van der Waals surface area contributed by atoms with E-state index < -0.39 is 0 Å². The monoisotopic (exact) mass is 328 g/mol. The highest BCUT2D eigenvalue weighted by Crippen LogP contribution is 2.16. The van der Waals surface area contributed by atoms with Gasteiger partial charge in [0.2, 0.25) is 5.91 Å². The zero-order valence-corrected chi connectivity index (χ0v) is 15.0. The number of ether oxygens (including phenoxy) is 2. The number of amides is 1. The first kappa shape index (κ1) is 19.7. The largest absolute Gasteiger partial charge is 0.382 e. The Hall–Kier alpha value is -1.34. The molecule has 0 radical (unpaired) electrons. The number of carbonyl (C=O) groups excluding carboxylic acids is 1. The third-order valence-electron chi connectivity index (χ3n) is 3.77. The Morgan fingerprint density at radius 2 is 2.17 bits per heavy atom. The highest BCUT2D eigenvalue weighted by atomic mass is 16.5. The summed E-state index contributed by atoms with van der Waals surface area (Å²) in [6, 6.07) is 0. The summed E-state index contributed by atoms with van der Waals surface area (Å²) >= 11 is 0. The number of hydrogen-bond acceptors (Lipinski definition) is 4. The number of hydrogen-bond donors (Lipinski definition) is 1. The number of methoxy groups -OCH3 is 1. The maximum atomic E-state index is 11.7. The SMILES string of the molecule is CCCNC(=NCC(=O)N(C)C)N1CCC(COCCOC)C1. The van der Waals surface area contributed by atoms with Crippen LogP contribution in [0.1, 0.15) is 19.8 Å². The molecule has 7 heteroatoms. The third kappa shape index (κ3) is 7.65. The van der Waals surface area contributed by atoms with Gasteiger partial charge in [-0.15, -0.1) is 0 Å². The van der Waals surface area contributed by atoms with Gasteiger partial charge in [0.1, 0.15) is 6.54 Å². The van der Waals surface area contributed by atoms with Crippen LogP contribution in [0.25, 0.3) is 0 Å². The van der Waals surface area contributed by atoms with Gasteiger partial charge in [-0.05, 0) is 12.8 Å². The number of guanidine groups is 1. The van der Waals surface area contributed by atoms with E-state index in [0.717, 1.165) is 45.0 Å². The molecule has 1 unspecified atom stereocenters. The van der Waals surface area contributed by atoms with E-state index in [2.05, 4.69) is 22.1 Å². The van der Waals surface area contributed by atoms with Crippen molar-refractivity contribution in [3.05, 3.63) is 0 Å². The summed E-state index contributed by atoms with van der Waals surface area (Å²) in [6.07, 6.45) is 2.11. The molecule has 0 aromatic carbocycles. The summed E-state index contributed by atoms with van der Waals surface area (Å²) in [5.41, 5.74) is 0. The minimum atomic E-state index is 0.0134. The van der Waals surface area contributed by atoms with Crippen molar-refractivity contribution in [2.24, 2.45) is 10.9 Å². The molecule has 0 spiro atoms. The molecule has 1 heterocycles. The van der Waals surface area contributed by atoms with E-state index in [9.17, 15) is 4.79 Å². The molecule has 1 fully saturated rings. The summed E-state index contributed by atoms with van der Waals surface area (Å²) < 4.78 is 10.6. The lowest BCUT2D eigenvalue weighted by Gasteiger charge is -2.22. The maximum absolute atomic E-state index is 11.7. The van der Waals surface area contributed by atoms with Gasteiger partial charge in [-0.2, -0.15) is 0 Å². The molecule has 0 aliphatic carbocycles. The number of likely N-dealkylation sites (tertiary alicyclic amines) is 1. The number of rotatable bonds is 9. The summed E-state index contributed by atoms with van der Waals surface area (Å²) in [5.74, 6) is 1.35. The number of carbonyl (C=O) groups is 1. The van der Waals surface area contributed by atoms with Crippen molar-refractivity contribution in [3.63, 3.8) is 0 Å². The zero-order valence-electron chi connectivity index (χ0n) is 15.0. The van der Waals surface area contributed by atoms with Gasteiger partial charge >= 0.3 is 0 Å². The zero-order chi connectivity index (χ0) is 17.1. The van der Waals surface area contributed by atoms with Gasteiger partial charge in [-0.25, -0.2) is 4.99 Å². The first-order valence-corrected chi connectivity index (χ1v) is 8.38. The second-order valence-electron chi connectivity index (χ2n) is 6.02. The quantitative estimate of drug-likeness (QED) is 0.377. The normalized spacial score (nSPS) is 18.3. The Morgan fingerprint density at radius 3 is 2.83 bits per heavy atom. The number of nitrogens with zero attached hydrogens (tertiary/aromatic N) is 3. The van der Waals surface area contributed by atoms with Gasteiger partial charge in [0.25, 0.3) is 0 Å². The Morgan fingerprint density at radius 1 is 1.39 bits per heavy atom. The Kier molecular flexibility index (Phi) is 9.63. The van der Waals surface area contributed by atoms with Crippen molar-refractivity contribution in [1.29, 1.82) is 0 Å². The standard InChI is InChI=1S/C16H32N4O3/c1-5-7-17-16(18-11-15(21)19(2)3)20-8-6-14(12-20)13-23-10-9-22-4/h14H,5-13H2,1-4H3,(H,17,18). The minimum absolute atomic E-state index is 0.0134. The lowest BCUT2D eigenvalue weighted by molar-refractivity contribution is -0.127. The number of nitrogens with one attached hydrogen (secondary N) is 1. The van der Waals surface area contributed by atoms with Crippen molar-refractivity contribution in [3.8, 4) is 0 Å². The first-order chi connectivity index (χ1) is 11.1. The van der Waals surface area contributed by atoms with Crippen LogP contribution in [0.4, 0.5) is 0 Å². The van der Waals surface area contributed by atoms with Crippen molar-refractivity contribution in [1.82, 2.24) is 15.1 Å². The Labute approximate surface area is 140 Å². The summed E-state index contributed by atoms with van der Waals surface area (Å²) in [6.45, 7) is 7.05. The molecule has 1 N–H and O–H groups in total. The van der Waals surface area contributed by atoms with Crippen molar-refractivity contribution in [2.45, 2.75) is 19.8 Å². The number of aliphatic imine (C=N–C) groups is 1. The minimum Gasteiger partial charge on any atom is -0.382 e. The fraction of sp³-hybridized carbons (Fsp3) is 0.875. The van der Waals surface area contributed by atoms with Crippen LogP contribution in [0.2, 0.25) is 0 Å². The van der Waals surface area contributed by atoms with E-state index in [4.69, 9.17) is 9.47 Å². The molecule has 1 amide bonds. The highest BCUT2D eigenvalue weighted by Gasteiger charge is 2.25. The molecule has 23 heavy (non-hydrogen) atoms. The smallest absolute Gasteiger partial charge is 0.243 e. The molecule has 0 bridgehead atoms. The maximum Gasteiger partial charge on any atom is 0.243 e. The molecule has 1 aliphatic rings. The van der Waals surface area contributed by atoms with Crippen LogP contribution in [-0.4, -0.2) is 88.9 Å². The molecule has 0 aromatic heterocycles. The molecule has 0 aromatic rings. The molecule has 1 atom stereocenters. The third-order valence-corrected chi connectivity index (χ3v) is 3.77. The molecule has 1 rings (SSSR count). The molecule has 7 nitrogen and oxygen atoms in total. The van der Waals surface area contributed by atoms with Gasteiger partial charge in [-0.1, -0.05) is 6.92 Å². The first-order valence-electron chi connectivity index (χ1n) is 8.38. The summed E-state index contributed by atoms with van der Waals surface area (Å²) in [5, 5.41) is 3.35. The van der Waals surface area contributed by atoms with Crippen LogP contribution in [0.5, 0.6) is 0 Å². The van der Waals surface area contributed by atoms with Crippen LogP contribution in [0.3, 0.4) is 0 Å². The van der Waals surface area contributed by atoms with Crippen molar-refractivity contribution >= 4 is 11.9 Å². The fourth-order valence-corrected chi connectivity index (χ4v) is 2.34. The van der Waals surface area contributed by atoms with Crippen molar-refractivity contribution in [2.75, 3.05) is 67.2 Å². The van der Waals surface area contributed by atoms with E-state index >= 15 is 0 Å². The second-order valence-corrected chi connectivity index (χ2v) is 6.02. The fourth-order valence-electron chi connectivity index (χ4n) is 2.34. The molecular weight excluding hydrogens is 296 g/mol. The predicted octanol–water partition coefficient (Wildman–Crippen LogP) is 0.415. The Bertz CT molecular complexity index is 374. The topological polar surface area (TPSA) is 66.4 Å². The average Bonchev–Trinajstić information content (AvgIpc) is 3.00.